The van der Waals surface area contributed by atoms with Crippen LogP contribution in [-0.2, 0) is 4.79 Å². The van der Waals surface area contributed by atoms with Crippen LogP contribution in [0.5, 0.6) is 0 Å². The number of carbonyl (C=O) groups excluding carboxylic acids is 1. The molecule has 2 heterocycles. The predicted molar refractivity (Wildman–Crippen MR) is 98.0 cm³/mol. The minimum Gasteiger partial charge on any atom is -0.322 e. The van der Waals surface area contributed by atoms with E-state index in [9.17, 15) is 4.79 Å². The van der Waals surface area contributed by atoms with Crippen molar-refractivity contribution in [1.82, 2.24) is 4.90 Å². The second-order valence-electron chi connectivity index (χ2n) is 5.44. The Morgan fingerprint density at radius 1 is 1.30 bits per heavy atom. The number of thiophene rings is 1. The van der Waals surface area contributed by atoms with E-state index >= 15 is 0 Å². The first-order chi connectivity index (χ1) is 11.0. The molecule has 0 unspecified atom stereocenters. The Hall–Kier alpha value is -0.780. The fourth-order valence-electron chi connectivity index (χ4n) is 2.84. The van der Waals surface area contributed by atoms with Gasteiger partial charge in [0.1, 0.15) is 0 Å². The molecule has 23 heavy (non-hydrogen) atoms. The number of rotatable bonds is 4. The topological polar surface area (TPSA) is 32.3 Å². The van der Waals surface area contributed by atoms with E-state index < -0.39 is 0 Å². The van der Waals surface area contributed by atoms with Gasteiger partial charge in [-0.15, -0.1) is 11.3 Å². The van der Waals surface area contributed by atoms with Gasteiger partial charge in [-0.3, -0.25) is 9.69 Å². The SMILES string of the molecule is O=C(CN1CCC[C@@H]1c1cccs1)Nc1c(Cl)cc(Cl)cc1Cl. The third-order valence-corrected chi connectivity index (χ3v) is 5.64. The highest BCUT2D eigenvalue weighted by atomic mass is 35.5. The quantitative estimate of drug-likeness (QED) is 0.750. The molecule has 3 nitrogen and oxygen atoms in total. The van der Waals surface area contributed by atoms with Gasteiger partial charge in [0.2, 0.25) is 5.91 Å². The van der Waals surface area contributed by atoms with Crippen LogP contribution >= 0.6 is 46.1 Å². The zero-order valence-electron chi connectivity index (χ0n) is 12.2. The molecule has 1 atom stereocenters. The average molecular weight is 390 g/mol. The Labute approximate surface area is 154 Å². The van der Waals surface area contributed by atoms with Gasteiger partial charge in [0, 0.05) is 15.9 Å². The van der Waals surface area contributed by atoms with Gasteiger partial charge in [0.25, 0.3) is 0 Å². The number of carbonyl (C=O) groups is 1. The maximum absolute atomic E-state index is 12.4. The fourth-order valence-corrected chi connectivity index (χ4v) is 4.65. The third kappa shape index (κ3) is 4.01. The summed E-state index contributed by atoms with van der Waals surface area (Å²) in [7, 11) is 0. The van der Waals surface area contributed by atoms with Gasteiger partial charge < -0.3 is 5.32 Å². The highest BCUT2D eigenvalue weighted by molar-refractivity contribution is 7.10. The molecule has 0 aliphatic carbocycles. The summed E-state index contributed by atoms with van der Waals surface area (Å²) >= 11 is 19.8. The molecule has 0 bridgehead atoms. The Kier molecular flexibility index (Phi) is 5.49. The van der Waals surface area contributed by atoms with Gasteiger partial charge in [-0.2, -0.15) is 0 Å². The minimum absolute atomic E-state index is 0.125. The molecule has 0 spiro atoms. The number of halogens is 3. The summed E-state index contributed by atoms with van der Waals surface area (Å²) in [6, 6.07) is 7.61. The molecule has 0 saturated carbocycles. The van der Waals surface area contributed by atoms with Crippen LogP contribution in [0, 0.1) is 0 Å². The standard InChI is InChI=1S/C16H15Cl3N2OS/c17-10-7-11(18)16(12(19)8-10)20-15(22)9-21-5-1-3-13(21)14-4-2-6-23-14/h2,4,6-8,13H,1,3,5,9H2,(H,20,22)/t13-/m1/s1. The largest absolute Gasteiger partial charge is 0.322 e. The highest BCUT2D eigenvalue weighted by Crippen LogP contribution is 2.35. The lowest BCUT2D eigenvalue weighted by Gasteiger charge is -2.23. The van der Waals surface area contributed by atoms with E-state index in [0.717, 1.165) is 19.4 Å². The number of likely N-dealkylation sites (tertiary alicyclic amines) is 1. The molecule has 1 fully saturated rings. The van der Waals surface area contributed by atoms with Crippen LogP contribution in [0.4, 0.5) is 5.69 Å². The number of nitrogens with one attached hydrogen (secondary N) is 1. The Morgan fingerprint density at radius 2 is 2.04 bits per heavy atom. The number of hydrogen-bond acceptors (Lipinski definition) is 3. The van der Waals surface area contributed by atoms with Gasteiger partial charge in [-0.1, -0.05) is 40.9 Å². The van der Waals surface area contributed by atoms with Crippen LogP contribution in [0.15, 0.2) is 29.6 Å². The van der Waals surface area contributed by atoms with Crippen molar-refractivity contribution < 1.29 is 4.79 Å². The maximum atomic E-state index is 12.4. The Bertz CT molecular complexity index is 682. The Balaban J connectivity index is 1.68. The first-order valence-electron chi connectivity index (χ1n) is 7.26. The van der Waals surface area contributed by atoms with Crippen molar-refractivity contribution in [1.29, 1.82) is 0 Å². The zero-order valence-corrected chi connectivity index (χ0v) is 15.3. The monoisotopic (exact) mass is 388 g/mol. The normalized spacial score (nSPS) is 18.3. The van der Waals surface area contributed by atoms with Gasteiger partial charge in [-0.25, -0.2) is 0 Å². The molecule has 2 aromatic rings. The molecular formula is C16H15Cl3N2OS. The summed E-state index contributed by atoms with van der Waals surface area (Å²) in [5.41, 5.74) is 0.412. The van der Waals surface area contributed by atoms with Crippen molar-refractivity contribution in [2.24, 2.45) is 0 Å². The van der Waals surface area contributed by atoms with Crippen LogP contribution in [0.2, 0.25) is 15.1 Å². The minimum atomic E-state index is -0.125. The van der Waals surface area contributed by atoms with E-state index in [4.69, 9.17) is 34.8 Å². The first-order valence-corrected chi connectivity index (χ1v) is 9.28. The molecule has 7 heteroatoms. The van der Waals surface area contributed by atoms with E-state index in [1.807, 2.05) is 6.07 Å². The van der Waals surface area contributed by atoms with Crippen molar-refractivity contribution in [2.45, 2.75) is 18.9 Å². The van der Waals surface area contributed by atoms with E-state index in [1.165, 1.54) is 4.88 Å². The Morgan fingerprint density at radius 3 is 2.70 bits per heavy atom. The molecule has 1 aromatic carbocycles. The molecule has 122 valence electrons. The third-order valence-electron chi connectivity index (χ3n) is 3.85. The van der Waals surface area contributed by atoms with Gasteiger partial charge in [0.05, 0.1) is 22.3 Å². The lowest BCUT2D eigenvalue weighted by molar-refractivity contribution is -0.117. The zero-order chi connectivity index (χ0) is 16.4. The van der Waals surface area contributed by atoms with E-state index in [1.54, 1.807) is 23.5 Å². The molecule has 0 radical (unpaired) electrons. The second-order valence-corrected chi connectivity index (χ2v) is 7.67. The van der Waals surface area contributed by atoms with Crippen molar-refractivity contribution in [3.05, 3.63) is 49.6 Å². The summed E-state index contributed by atoms with van der Waals surface area (Å²) in [6.07, 6.45) is 2.18. The molecular weight excluding hydrogens is 375 g/mol. The first kappa shape index (κ1) is 17.1. The summed E-state index contributed by atoms with van der Waals surface area (Å²) in [5, 5.41) is 5.99. The van der Waals surface area contributed by atoms with Gasteiger partial charge in [0.15, 0.2) is 0 Å². The molecule has 1 N–H and O–H groups in total. The molecule has 3 rings (SSSR count). The predicted octanol–water partition coefficient (Wildman–Crippen LogP) is 5.48. The maximum Gasteiger partial charge on any atom is 0.238 e. The van der Waals surface area contributed by atoms with Crippen LogP contribution < -0.4 is 5.32 Å². The van der Waals surface area contributed by atoms with Gasteiger partial charge in [-0.05, 0) is 43.0 Å². The lowest BCUT2D eigenvalue weighted by atomic mass is 10.2. The fraction of sp³-hybridized carbons (Fsp3) is 0.312. The smallest absolute Gasteiger partial charge is 0.238 e. The number of hydrogen-bond donors (Lipinski definition) is 1. The van der Waals surface area contributed by atoms with Crippen LogP contribution in [0.3, 0.4) is 0 Å². The summed E-state index contributed by atoms with van der Waals surface area (Å²) < 4.78 is 0. The van der Waals surface area contributed by atoms with Crippen molar-refractivity contribution >= 4 is 57.7 Å². The van der Waals surface area contributed by atoms with Crippen molar-refractivity contribution in [2.75, 3.05) is 18.4 Å². The summed E-state index contributed by atoms with van der Waals surface area (Å²) in [6.45, 7) is 1.23. The van der Waals surface area contributed by atoms with Crippen LogP contribution in [0.1, 0.15) is 23.8 Å². The molecule has 1 aliphatic heterocycles. The number of amides is 1. The van der Waals surface area contributed by atoms with E-state index in [-0.39, 0.29) is 5.91 Å². The van der Waals surface area contributed by atoms with Gasteiger partial charge >= 0.3 is 0 Å². The van der Waals surface area contributed by atoms with Crippen LogP contribution in [0.25, 0.3) is 0 Å². The van der Waals surface area contributed by atoms with Crippen LogP contribution in [-0.4, -0.2) is 23.9 Å². The van der Waals surface area contributed by atoms with E-state index in [2.05, 4.69) is 21.7 Å². The highest BCUT2D eigenvalue weighted by Gasteiger charge is 2.28. The summed E-state index contributed by atoms with van der Waals surface area (Å²) in [4.78, 5) is 15.9. The van der Waals surface area contributed by atoms with Crippen molar-refractivity contribution in [3.63, 3.8) is 0 Å². The second kappa shape index (κ2) is 7.41. The summed E-state index contributed by atoms with van der Waals surface area (Å²) in [5.74, 6) is -0.125. The van der Waals surface area contributed by atoms with E-state index in [0.29, 0.717) is 33.3 Å². The average Bonchev–Trinajstić information content (AvgIpc) is 3.13. The molecule has 1 aliphatic rings. The lowest BCUT2D eigenvalue weighted by Crippen LogP contribution is -2.32. The molecule has 1 amide bonds. The molecule has 1 aromatic heterocycles. The van der Waals surface area contributed by atoms with Crippen molar-refractivity contribution in [3.8, 4) is 0 Å². The number of anilines is 1. The number of nitrogens with zero attached hydrogens (tertiary/aromatic N) is 1. The number of benzene rings is 1. The molecule has 1 saturated heterocycles.